The average Bonchev–Trinajstić information content (AvgIpc) is 3.28. The second-order valence-electron chi connectivity index (χ2n) is 8.35. The number of carbonyl (C=O) groups excluding carboxylic acids is 1. The molecule has 2 aliphatic rings. The first-order chi connectivity index (χ1) is 14.9. The van der Waals surface area contributed by atoms with Gasteiger partial charge in [0.15, 0.2) is 0 Å². The Morgan fingerprint density at radius 2 is 1.81 bits per heavy atom. The van der Waals surface area contributed by atoms with Crippen LogP contribution in [0.3, 0.4) is 0 Å². The molecule has 1 aromatic rings. The minimum atomic E-state index is -3.75. The molecule has 1 heterocycles. The fraction of sp³-hybridized carbons (Fsp3) is 0.682. The summed E-state index contributed by atoms with van der Waals surface area (Å²) in [6.45, 7) is 9.12. The number of rotatable bonds is 10. The highest BCUT2D eigenvalue weighted by Gasteiger charge is 2.26. The molecule has 0 unspecified atom stereocenters. The summed E-state index contributed by atoms with van der Waals surface area (Å²) in [6, 6.07) is 4.51. The van der Waals surface area contributed by atoms with Crippen molar-refractivity contribution in [1.82, 2.24) is 19.8 Å². The highest BCUT2D eigenvalue weighted by Crippen LogP contribution is 2.27. The van der Waals surface area contributed by atoms with E-state index in [1.165, 1.54) is 13.2 Å². The van der Waals surface area contributed by atoms with Crippen molar-refractivity contribution in [2.24, 2.45) is 0 Å². The Balaban J connectivity index is 1.54. The molecule has 31 heavy (non-hydrogen) atoms. The molecule has 8 nitrogen and oxygen atoms in total. The van der Waals surface area contributed by atoms with Crippen molar-refractivity contribution in [2.75, 3.05) is 52.9 Å². The van der Waals surface area contributed by atoms with Crippen LogP contribution in [0.1, 0.15) is 49.4 Å². The van der Waals surface area contributed by atoms with Crippen LogP contribution in [0, 0.1) is 0 Å². The van der Waals surface area contributed by atoms with E-state index in [4.69, 9.17) is 4.74 Å². The van der Waals surface area contributed by atoms with Crippen LogP contribution in [0.25, 0.3) is 0 Å². The van der Waals surface area contributed by atoms with Crippen molar-refractivity contribution in [3.8, 4) is 5.75 Å². The van der Waals surface area contributed by atoms with E-state index in [0.717, 1.165) is 71.4 Å². The Bertz CT molecular complexity index is 832. The van der Waals surface area contributed by atoms with Gasteiger partial charge in [0.1, 0.15) is 10.6 Å². The van der Waals surface area contributed by atoms with Gasteiger partial charge in [0.05, 0.1) is 7.11 Å². The van der Waals surface area contributed by atoms with E-state index in [1.54, 1.807) is 12.1 Å². The van der Waals surface area contributed by atoms with E-state index in [0.29, 0.717) is 12.1 Å². The summed E-state index contributed by atoms with van der Waals surface area (Å²) < 4.78 is 33.8. The maximum Gasteiger partial charge on any atom is 0.251 e. The molecule has 1 aliphatic carbocycles. The van der Waals surface area contributed by atoms with Crippen LogP contribution < -0.4 is 14.8 Å². The molecule has 1 saturated heterocycles. The monoisotopic (exact) mass is 452 g/mol. The van der Waals surface area contributed by atoms with Crippen LogP contribution in [0.2, 0.25) is 0 Å². The number of likely N-dealkylation sites (N-methyl/N-ethyl adjacent to an activating group) is 1. The van der Waals surface area contributed by atoms with Gasteiger partial charge < -0.3 is 19.9 Å². The highest BCUT2D eigenvalue weighted by molar-refractivity contribution is 7.89. The number of methoxy groups -OCH3 is 1. The zero-order valence-electron chi connectivity index (χ0n) is 18.7. The number of nitrogens with zero attached hydrogens (tertiary/aromatic N) is 2. The molecular weight excluding hydrogens is 416 g/mol. The molecule has 1 saturated carbocycles. The van der Waals surface area contributed by atoms with Crippen LogP contribution in [-0.2, 0) is 10.0 Å². The van der Waals surface area contributed by atoms with Crippen molar-refractivity contribution in [2.45, 2.75) is 50.0 Å². The first kappa shape index (κ1) is 24.0. The van der Waals surface area contributed by atoms with Crippen molar-refractivity contribution in [3.63, 3.8) is 0 Å². The van der Waals surface area contributed by atoms with E-state index < -0.39 is 10.0 Å². The van der Waals surface area contributed by atoms with Crippen LogP contribution >= 0.6 is 0 Å². The van der Waals surface area contributed by atoms with Gasteiger partial charge in [-0.3, -0.25) is 4.79 Å². The lowest BCUT2D eigenvalue weighted by molar-refractivity contribution is 0.0948. The molecule has 0 aromatic heterocycles. The smallest absolute Gasteiger partial charge is 0.251 e. The number of ether oxygens (including phenoxy) is 1. The molecule has 3 rings (SSSR count). The van der Waals surface area contributed by atoms with E-state index in [1.807, 2.05) is 0 Å². The van der Waals surface area contributed by atoms with E-state index in [-0.39, 0.29) is 22.6 Å². The minimum Gasteiger partial charge on any atom is -0.495 e. The molecule has 2 fully saturated rings. The molecular formula is C22H36N4O4S. The summed E-state index contributed by atoms with van der Waals surface area (Å²) in [6.07, 6.45) is 4.61. The topological polar surface area (TPSA) is 91.0 Å². The predicted octanol–water partition coefficient (Wildman–Crippen LogP) is 1.67. The predicted molar refractivity (Wildman–Crippen MR) is 121 cm³/mol. The fourth-order valence-corrected chi connectivity index (χ4v) is 5.79. The normalized spacial score (nSPS) is 18.9. The van der Waals surface area contributed by atoms with Crippen molar-refractivity contribution < 1.29 is 17.9 Å². The maximum absolute atomic E-state index is 12.9. The lowest BCUT2D eigenvalue weighted by Crippen LogP contribution is -2.46. The van der Waals surface area contributed by atoms with Crippen LogP contribution in [0.5, 0.6) is 5.75 Å². The average molecular weight is 453 g/mol. The van der Waals surface area contributed by atoms with Gasteiger partial charge in [0.25, 0.3) is 5.91 Å². The molecule has 174 valence electrons. The zero-order valence-corrected chi connectivity index (χ0v) is 19.5. The van der Waals surface area contributed by atoms with Gasteiger partial charge >= 0.3 is 0 Å². The molecule has 0 bridgehead atoms. The van der Waals surface area contributed by atoms with Gasteiger partial charge in [-0.1, -0.05) is 19.8 Å². The third-order valence-corrected chi connectivity index (χ3v) is 7.78. The Morgan fingerprint density at radius 3 is 2.45 bits per heavy atom. The third kappa shape index (κ3) is 6.65. The van der Waals surface area contributed by atoms with E-state index in [9.17, 15) is 13.2 Å². The van der Waals surface area contributed by atoms with Gasteiger partial charge in [-0.15, -0.1) is 0 Å². The SMILES string of the molecule is CCN1CCN(CCCNC(=O)c2ccc(OC)c(S(=O)(=O)NC3CCCC3)c2)CC1. The van der Waals surface area contributed by atoms with Gasteiger partial charge in [0.2, 0.25) is 10.0 Å². The maximum atomic E-state index is 12.9. The number of amides is 1. The summed E-state index contributed by atoms with van der Waals surface area (Å²) >= 11 is 0. The molecule has 1 amide bonds. The van der Waals surface area contributed by atoms with Crippen molar-refractivity contribution in [3.05, 3.63) is 23.8 Å². The first-order valence-corrected chi connectivity index (χ1v) is 12.8. The Morgan fingerprint density at radius 1 is 1.13 bits per heavy atom. The van der Waals surface area contributed by atoms with Crippen LogP contribution in [0.4, 0.5) is 0 Å². The van der Waals surface area contributed by atoms with Gasteiger partial charge in [-0.05, 0) is 50.6 Å². The number of nitrogens with one attached hydrogen (secondary N) is 2. The third-order valence-electron chi connectivity index (χ3n) is 6.24. The lowest BCUT2D eigenvalue weighted by Gasteiger charge is -2.33. The summed E-state index contributed by atoms with van der Waals surface area (Å²) in [5.74, 6) is -0.0240. The minimum absolute atomic E-state index is 0.0170. The number of piperazine rings is 1. The number of benzene rings is 1. The highest BCUT2D eigenvalue weighted by atomic mass is 32.2. The number of sulfonamides is 1. The largest absolute Gasteiger partial charge is 0.495 e. The van der Waals surface area contributed by atoms with E-state index in [2.05, 4.69) is 26.8 Å². The number of hydrogen-bond donors (Lipinski definition) is 2. The first-order valence-electron chi connectivity index (χ1n) is 11.4. The fourth-order valence-electron chi connectivity index (χ4n) is 4.29. The lowest BCUT2D eigenvalue weighted by atomic mass is 10.2. The number of carbonyl (C=O) groups is 1. The summed E-state index contributed by atoms with van der Waals surface area (Å²) in [5.41, 5.74) is 0.323. The Hall–Kier alpha value is -1.68. The molecule has 0 atom stereocenters. The molecule has 9 heteroatoms. The van der Waals surface area contributed by atoms with Gasteiger partial charge in [0, 0.05) is 44.3 Å². The zero-order chi connectivity index (χ0) is 22.3. The van der Waals surface area contributed by atoms with Crippen LogP contribution in [-0.4, -0.2) is 83.1 Å². The second kappa shape index (κ2) is 11.3. The van der Waals surface area contributed by atoms with Crippen LogP contribution in [0.15, 0.2) is 23.1 Å². The van der Waals surface area contributed by atoms with E-state index >= 15 is 0 Å². The number of hydrogen-bond acceptors (Lipinski definition) is 6. The molecule has 0 radical (unpaired) electrons. The van der Waals surface area contributed by atoms with Crippen molar-refractivity contribution >= 4 is 15.9 Å². The second-order valence-corrected chi connectivity index (χ2v) is 10.0. The van der Waals surface area contributed by atoms with Gasteiger partial charge in [-0.25, -0.2) is 13.1 Å². The standard InChI is InChI=1S/C22H36N4O4S/c1-3-25-13-15-26(16-14-25)12-6-11-23-22(27)18-9-10-20(30-2)21(17-18)31(28,29)24-19-7-4-5-8-19/h9-10,17,19,24H,3-8,11-16H2,1-2H3,(H,23,27). The summed E-state index contributed by atoms with van der Waals surface area (Å²) in [4.78, 5) is 17.5. The molecule has 1 aromatic carbocycles. The Labute approximate surface area is 186 Å². The Kier molecular flexibility index (Phi) is 8.71. The van der Waals surface area contributed by atoms with Crippen molar-refractivity contribution in [1.29, 1.82) is 0 Å². The quantitative estimate of drug-likeness (QED) is 0.525. The molecule has 0 spiro atoms. The summed E-state index contributed by atoms with van der Waals surface area (Å²) in [5, 5.41) is 2.92. The molecule has 1 aliphatic heterocycles. The van der Waals surface area contributed by atoms with Gasteiger partial charge in [-0.2, -0.15) is 0 Å². The molecule has 2 N–H and O–H groups in total. The summed E-state index contributed by atoms with van der Waals surface area (Å²) in [7, 11) is -2.32.